The summed E-state index contributed by atoms with van der Waals surface area (Å²) < 4.78 is 13.1. The van der Waals surface area contributed by atoms with Gasteiger partial charge in [0.25, 0.3) is 0 Å². The molecule has 2 N–H and O–H groups in total. The van der Waals surface area contributed by atoms with E-state index in [0.717, 1.165) is 57.2 Å². The number of aliphatic imine (C=N–C) groups is 1. The first-order valence-electron chi connectivity index (χ1n) is 8.75. The number of carbonyl (C=O) groups is 1. The quantitative estimate of drug-likeness (QED) is 0.586. The SMILES string of the molecule is CN=C(NCCc1cccc(F)c1)NCCN1CCN(C(C)=O)CC1. The van der Waals surface area contributed by atoms with Crippen LogP contribution in [0.25, 0.3) is 0 Å². The molecule has 0 bridgehead atoms. The summed E-state index contributed by atoms with van der Waals surface area (Å²) in [6.45, 7) is 7.44. The minimum atomic E-state index is -0.204. The average molecular weight is 349 g/mol. The lowest BCUT2D eigenvalue weighted by Gasteiger charge is -2.34. The first-order valence-corrected chi connectivity index (χ1v) is 8.75. The van der Waals surface area contributed by atoms with Crippen LogP contribution in [0.1, 0.15) is 12.5 Å². The first kappa shape index (κ1) is 19.2. The first-order chi connectivity index (χ1) is 12.1. The number of hydrogen-bond donors (Lipinski definition) is 2. The highest BCUT2D eigenvalue weighted by Gasteiger charge is 2.17. The molecular weight excluding hydrogens is 321 g/mol. The smallest absolute Gasteiger partial charge is 0.219 e. The molecule has 25 heavy (non-hydrogen) atoms. The molecule has 0 radical (unpaired) electrons. The number of amides is 1. The maximum Gasteiger partial charge on any atom is 0.219 e. The molecule has 0 atom stereocenters. The third-order valence-corrected chi connectivity index (χ3v) is 4.36. The van der Waals surface area contributed by atoms with Gasteiger partial charge in [-0.2, -0.15) is 0 Å². The van der Waals surface area contributed by atoms with Gasteiger partial charge in [0.2, 0.25) is 5.91 Å². The molecule has 2 rings (SSSR count). The van der Waals surface area contributed by atoms with Gasteiger partial charge in [0.15, 0.2) is 5.96 Å². The third kappa shape index (κ3) is 6.70. The Kier molecular flexibility index (Phi) is 7.66. The van der Waals surface area contributed by atoms with Crippen molar-refractivity contribution >= 4 is 11.9 Å². The number of hydrogen-bond acceptors (Lipinski definition) is 3. The van der Waals surface area contributed by atoms with Gasteiger partial charge in [-0.25, -0.2) is 4.39 Å². The van der Waals surface area contributed by atoms with E-state index in [0.29, 0.717) is 6.54 Å². The number of benzene rings is 1. The Morgan fingerprint density at radius 2 is 1.92 bits per heavy atom. The second-order valence-corrected chi connectivity index (χ2v) is 6.15. The molecule has 1 aliphatic heterocycles. The van der Waals surface area contributed by atoms with Crippen molar-refractivity contribution in [3.63, 3.8) is 0 Å². The van der Waals surface area contributed by atoms with Crippen molar-refractivity contribution in [2.75, 3.05) is 52.9 Å². The van der Waals surface area contributed by atoms with Crippen molar-refractivity contribution in [3.8, 4) is 0 Å². The van der Waals surface area contributed by atoms with Crippen LogP contribution >= 0.6 is 0 Å². The number of piperazine rings is 1. The molecule has 1 saturated heterocycles. The number of guanidine groups is 1. The number of halogens is 1. The van der Waals surface area contributed by atoms with Gasteiger partial charge < -0.3 is 15.5 Å². The summed E-state index contributed by atoms with van der Waals surface area (Å²) in [6, 6.07) is 6.65. The molecular formula is C18H28FN5O. The van der Waals surface area contributed by atoms with Gasteiger partial charge in [0.05, 0.1) is 0 Å². The monoisotopic (exact) mass is 349 g/mol. The Labute approximate surface area is 149 Å². The largest absolute Gasteiger partial charge is 0.356 e. The van der Waals surface area contributed by atoms with Crippen molar-refractivity contribution in [1.82, 2.24) is 20.4 Å². The highest BCUT2D eigenvalue weighted by Crippen LogP contribution is 2.03. The third-order valence-electron chi connectivity index (χ3n) is 4.36. The van der Waals surface area contributed by atoms with Crippen molar-refractivity contribution < 1.29 is 9.18 Å². The van der Waals surface area contributed by atoms with Gasteiger partial charge in [0.1, 0.15) is 5.82 Å². The molecule has 0 spiro atoms. The van der Waals surface area contributed by atoms with E-state index in [2.05, 4.69) is 20.5 Å². The number of nitrogens with one attached hydrogen (secondary N) is 2. The standard InChI is InChI=1S/C18H28FN5O/c1-15(25)24-12-10-23(11-13-24)9-8-22-18(20-2)21-7-6-16-4-3-5-17(19)14-16/h3-5,14H,6-13H2,1-2H3,(H2,20,21,22). The van der Waals surface area contributed by atoms with Gasteiger partial charge in [0, 0.05) is 59.8 Å². The number of carbonyl (C=O) groups excluding carboxylic acids is 1. The van der Waals surface area contributed by atoms with Crippen LogP contribution in [0.4, 0.5) is 4.39 Å². The van der Waals surface area contributed by atoms with Gasteiger partial charge in [-0.15, -0.1) is 0 Å². The highest BCUT2D eigenvalue weighted by atomic mass is 19.1. The average Bonchev–Trinajstić information content (AvgIpc) is 2.61. The summed E-state index contributed by atoms with van der Waals surface area (Å²) in [4.78, 5) is 19.7. The van der Waals surface area contributed by atoms with Crippen LogP contribution in [0.15, 0.2) is 29.3 Å². The molecule has 0 aliphatic carbocycles. The molecule has 6 nitrogen and oxygen atoms in total. The molecule has 138 valence electrons. The number of nitrogens with zero attached hydrogens (tertiary/aromatic N) is 3. The predicted octanol–water partition coefficient (Wildman–Crippen LogP) is 0.697. The molecule has 1 aromatic carbocycles. The lowest BCUT2D eigenvalue weighted by Crippen LogP contribution is -2.50. The zero-order chi connectivity index (χ0) is 18.1. The van der Waals surface area contributed by atoms with Crippen LogP contribution in [-0.2, 0) is 11.2 Å². The minimum absolute atomic E-state index is 0.153. The Morgan fingerprint density at radius 1 is 1.20 bits per heavy atom. The van der Waals surface area contributed by atoms with Crippen LogP contribution in [0.5, 0.6) is 0 Å². The molecule has 1 fully saturated rings. The van der Waals surface area contributed by atoms with Crippen LogP contribution in [0.2, 0.25) is 0 Å². The van der Waals surface area contributed by atoms with E-state index in [1.807, 2.05) is 11.0 Å². The van der Waals surface area contributed by atoms with E-state index in [1.165, 1.54) is 6.07 Å². The Balaban J connectivity index is 1.61. The van der Waals surface area contributed by atoms with Crippen molar-refractivity contribution in [2.45, 2.75) is 13.3 Å². The maximum atomic E-state index is 13.1. The molecule has 1 amide bonds. The van der Waals surface area contributed by atoms with Gasteiger partial charge >= 0.3 is 0 Å². The van der Waals surface area contributed by atoms with E-state index < -0.39 is 0 Å². The summed E-state index contributed by atoms with van der Waals surface area (Å²) >= 11 is 0. The number of rotatable bonds is 6. The van der Waals surface area contributed by atoms with Crippen molar-refractivity contribution in [1.29, 1.82) is 0 Å². The zero-order valence-corrected chi connectivity index (χ0v) is 15.1. The molecule has 7 heteroatoms. The molecule has 1 aliphatic rings. The van der Waals surface area contributed by atoms with Crippen LogP contribution in [-0.4, -0.2) is 74.5 Å². The van der Waals surface area contributed by atoms with E-state index in [4.69, 9.17) is 0 Å². The van der Waals surface area contributed by atoms with E-state index in [-0.39, 0.29) is 11.7 Å². The summed E-state index contributed by atoms with van der Waals surface area (Å²) in [5.74, 6) is 0.698. The lowest BCUT2D eigenvalue weighted by atomic mass is 10.1. The fourth-order valence-corrected chi connectivity index (χ4v) is 2.86. The topological polar surface area (TPSA) is 60.0 Å². The predicted molar refractivity (Wildman–Crippen MR) is 98.2 cm³/mol. The zero-order valence-electron chi connectivity index (χ0n) is 15.1. The summed E-state index contributed by atoms with van der Waals surface area (Å²) in [7, 11) is 1.74. The fraction of sp³-hybridized carbons (Fsp3) is 0.556. The molecule has 0 aromatic heterocycles. The second-order valence-electron chi connectivity index (χ2n) is 6.15. The minimum Gasteiger partial charge on any atom is -0.356 e. The lowest BCUT2D eigenvalue weighted by molar-refractivity contribution is -0.130. The summed E-state index contributed by atoms with van der Waals surface area (Å²) in [6.07, 6.45) is 0.742. The van der Waals surface area contributed by atoms with E-state index in [9.17, 15) is 9.18 Å². The second kappa shape index (κ2) is 9.98. The maximum absolute atomic E-state index is 13.1. The summed E-state index contributed by atoms with van der Waals surface area (Å²) in [5, 5.41) is 6.53. The highest BCUT2D eigenvalue weighted by molar-refractivity contribution is 5.79. The van der Waals surface area contributed by atoms with Crippen LogP contribution in [0, 0.1) is 5.82 Å². The van der Waals surface area contributed by atoms with Crippen LogP contribution in [0.3, 0.4) is 0 Å². The van der Waals surface area contributed by atoms with Gasteiger partial charge in [-0.05, 0) is 24.1 Å². The molecule has 0 unspecified atom stereocenters. The fourth-order valence-electron chi connectivity index (χ4n) is 2.86. The normalized spacial score (nSPS) is 16.0. The van der Waals surface area contributed by atoms with Gasteiger partial charge in [-0.3, -0.25) is 14.7 Å². The summed E-state index contributed by atoms with van der Waals surface area (Å²) in [5.41, 5.74) is 0.964. The van der Waals surface area contributed by atoms with E-state index in [1.54, 1.807) is 26.1 Å². The Bertz CT molecular complexity index is 585. The molecule has 0 saturated carbocycles. The Morgan fingerprint density at radius 3 is 2.56 bits per heavy atom. The molecule has 1 aromatic rings. The van der Waals surface area contributed by atoms with Crippen LogP contribution < -0.4 is 10.6 Å². The van der Waals surface area contributed by atoms with Crippen molar-refractivity contribution in [2.24, 2.45) is 4.99 Å². The van der Waals surface area contributed by atoms with Gasteiger partial charge in [-0.1, -0.05) is 12.1 Å². The Hall–Kier alpha value is -2.15. The molecule has 1 heterocycles. The van der Waals surface area contributed by atoms with E-state index >= 15 is 0 Å². The van der Waals surface area contributed by atoms with Crippen molar-refractivity contribution in [3.05, 3.63) is 35.6 Å².